The van der Waals surface area contributed by atoms with Gasteiger partial charge >= 0.3 is 0 Å². The quantitative estimate of drug-likeness (QED) is 0.729. The minimum absolute atomic E-state index is 0.188. The summed E-state index contributed by atoms with van der Waals surface area (Å²) >= 11 is 0. The second kappa shape index (κ2) is 5.01. The lowest BCUT2D eigenvalue weighted by atomic mass is 10.0. The first-order valence-electron chi connectivity index (χ1n) is 5.68. The Kier molecular flexibility index (Phi) is 3.44. The largest absolute Gasteiger partial charge is 0.467 e. The third-order valence-electron chi connectivity index (χ3n) is 2.95. The van der Waals surface area contributed by atoms with Gasteiger partial charge in [0.05, 0.1) is 12.8 Å². The monoisotopic (exact) mass is 219 g/mol. The molecule has 0 saturated carbocycles. The van der Waals surface area contributed by atoms with Crippen LogP contribution < -0.4 is 0 Å². The fraction of sp³-hybridized carbons (Fsp3) is 0.462. The summed E-state index contributed by atoms with van der Waals surface area (Å²) in [4.78, 5) is 13.6. The number of nitrogens with zero attached hydrogens (tertiary/aromatic N) is 1. The summed E-state index contributed by atoms with van der Waals surface area (Å²) in [6.45, 7) is 0.558. The van der Waals surface area contributed by atoms with Gasteiger partial charge in [-0.25, -0.2) is 0 Å². The molecular formula is C13H17NO2. The molecule has 0 N–H and O–H groups in total. The molecule has 1 heterocycles. The van der Waals surface area contributed by atoms with Crippen LogP contribution in [0.1, 0.15) is 25.0 Å². The van der Waals surface area contributed by atoms with Crippen LogP contribution >= 0.6 is 0 Å². The smallest absolute Gasteiger partial charge is 0.223 e. The van der Waals surface area contributed by atoms with E-state index in [1.54, 1.807) is 11.2 Å². The molecule has 2 rings (SSSR count). The van der Waals surface area contributed by atoms with Crippen LogP contribution in [0, 0.1) is 5.92 Å². The number of rotatable bonds is 4. The average molecular weight is 219 g/mol. The molecule has 1 aliphatic carbocycles. The minimum Gasteiger partial charge on any atom is -0.467 e. The Morgan fingerprint density at radius 2 is 2.50 bits per heavy atom. The highest BCUT2D eigenvalue weighted by atomic mass is 16.3. The van der Waals surface area contributed by atoms with E-state index < -0.39 is 0 Å². The van der Waals surface area contributed by atoms with Crippen molar-refractivity contribution >= 4 is 5.91 Å². The van der Waals surface area contributed by atoms with Crippen LogP contribution in [0.3, 0.4) is 0 Å². The summed E-state index contributed by atoms with van der Waals surface area (Å²) in [6.07, 6.45) is 8.78. The molecule has 0 fully saturated rings. The van der Waals surface area contributed by atoms with Crippen molar-refractivity contribution in [3.05, 3.63) is 36.3 Å². The first-order chi connectivity index (χ1) is 7.75. The fourth-order valence-corrected chi connectivity index (χ4v) is 1.97. The second-order valence-corrected chi connectivity index (χ2v) is 4.30. The topological polar surface area (TPSA) is 33.5 Å². The minimum atomic E-state index is 0.188. The van der Waals surface area contributed by atoms with Gasteiger partial charge < -0.3 is 9.32 Å². The van der Waals surface area contributed by atoms with E-state index >= 15 is 0 Å². The van der Waals surface area contributed by atoms with E-state index in [0.717, 1.165) is 18.6 Å². The Morgan fingerprint density at radius 1 is 1.62 bits per heavy atom. The molecule has 1 aromatic rings. The van der Waals surface area contributed by atoms with Crippen LogP contribution in [0.5, 0.6) is 0 Å². The zero-order valence-electron chi connectivity index (χ0n) is 9.56. The Balaban J connectivity index is 1.82. The van der Waals surface area contributed by atoms with Crippen LogP contribution in [0.25, 0.3) is 0 Å². The molecule has 0 aromatic carbocycles. The highest BCUT2D eigenvalue weighted by Gasteiger charge is 2.17. The van der Waals surface area contributed by atoms with E-state index in [1.807, 2.05) is 19.2 Å². The first-order valence-corrected chi connectivity index (χ1v) is 5.68. The van der Waals surface area contributed by atoms with Crippen molar-refractivity contribution in [1.82, 2.24) is 4.90 Å². The van der Waals surface area contributed by atoms with Crippen molar-refractivity contribution in [3.8, 4) is 0 Å². The van der Waals surface area contributed by atoms with Gasteiger partial charge in [0, 0.05) is 13.5 Å². The summed E-state index contributed by atoms with van der Waals surface area (Å²) < 4.78 is 5.22. The molecule has 0 unspecified atom stereocenters. The maximum atomic E-state index is 11.9. The molecule has 1 aliphatic rings. The van der Waals surface area contributed by atoms with Crippen molar-refractivity contribution < 1.29 is 9.21 Å². The lowest BCUT2D eigenvalue weighted by molar-refractivity contribution is -0.131. The Bertz CT molecular complexity index is 367. The zero-order valence-corrected chi connectivity index (χ0v) is 9.56. The van der Waals surface area contributed by atoms with E-state index in [2.05, 4.69) is 12.2 Å². The van der Waals surface area contributed by atoms with Gasteiger partial charge in [-0.1, -0.05) is 12.2 Å². The van der Waals surface area contributed by atoms with Gasteiger partial charge in [0.15, 0.2) is 0 Å². The molecule has 16 heavy (non-hydrogen) atoms. The predicted molar refractivity (Wildman–Crippen MR) is 61.7 cm³/mol. The number of allylic oxidation sites excluding steroid dienone is 2. The molecule has 1 aromatic heterocycles. The standard InChI is InChI=1S/C13H17NO2/c1-14(10-12-7-4-8-16-12)13(15)9-11-5-2-3-6-11/h2,4-5,7-8,11H,3,6,9-10H2,1H3/t11-/m1/s1. The molecule has 1 amide bonds. The summed E-state index contributed by atoms with van der Waals surface area (Å²) in [5, 5.41) is 0. The van der Waals surface area contributed by atoms with E-state index in [9.17, 15) is 4.79 Å². The number of amides is 1. The number of furan rings is 1. The average Bonchev–Trinajstić information content (AvgIpc) is 2.90. The van der Waals surface area contributed by atoms with Gasteiger partial charge in [-0.3, -0.25) is 4.79 Å². The highest BCUT2D eigenvalue weighted by Crippen LogP contribution is 2.21. The Labute approximate surface area is 95.7 Å². The zero-order chi connectivity index (χ0) is 11.4. The third kappa shape index (κ3) is 2.75. The van der Waals surface area contributed by atoms with Gasteiger partial charge in [0.2, 0.25) is 5.91 Å². The summed E-state index contributed by atoms with van der Waals surface area (Å²) in [7, 11) is 1.82. The van der Waals surface area contributed by atoms with Crippen molar-refractivity contribution in [2.75, 3.05) is 7.05 Å². The number of carbonyl (C=O) groups is 1. The Hall–Kier alpha value is -1.51. The van der Waals surface area contributed by atoms with E-state index in [1.165, 1.54) is 0 Å². The van der Waals surface area contributed by atoms with Gasteiger partial charge in [-0.05, 0) is 30.9 Å². The van der Waals surface area contributed by atoms with Crippen LogP contribution in [-0.4, -0.2) is 17.9 Å². The van der Waals surface area contributed by atoms with Crippen molar-refractivity contribution in [2.24, 2.45) is 5.92 Å². The van der Waals surface area contributed by atoms with E-state index in [-0.39, 0.29) is 5.91 Å². The number of hydrogen-bond acceptors (Lipinski definition) is 2. The second-order valence-electron chi connectivity index (χ2n) is 4.30. The maximum absolute atomic E-state index is 11.9. The predicted octanol–water partition coefficient (Wildman–Crippen LogP) is 2.59. The number of hydrogen-bond donors (Lipinski definition) is 0. The van der Waals surface area contributed by atoms with Crippen molar-refractivity contribution in [2.45, 2.75) is 25.8 Å². The molecular weight excluding hydrogens is 202 g/mol. The van der Waals surface area contributed by atoms with E-state index in [4.69, 9.17) is 4.42 Å². The Morgan fingerprint density at radius 3 is 3.12 bits per heavy atom. The molecule has 0 radical (unpaired) electrons. The molecule has 0 bridgehead atoms. The SMILES string of the molecule is CN(Cc1ccco1)C(=O)C[C@@H]1C=CCC1. The normalized spacial score (nSPS) is 18.9. The van der Waals surface area contributed by atoms with Crippen LogP contribution in [0.15, 0.2) is 35.0 Å². The lowest BCUT2D eigenvalue weighted by Crippen LogP contribution is -2.27. The van der Waals surface area contributed by atoms with E-state index in [0.29, 0.717) is 18.9 Å². The molecule has 3 heteroatoms. The van der Waals surface area contributed by atoms with Crippen LogP contribution in [-0.2, 0) is 11.3 Å². The summed E-state index contributed by atoms with van der Waals surface area (Å²) in [5.41, 5.74) is 0. The third-order valence-corrected chi connectivity index (χ3v) is 2.95. The number of carbonyl (C=O) groups excluding carboxylic acids is 1. The molecule has 1 atom stereocenters. The van der Waals surface area contributed by atoms with Gasteiger partial charge in [0.1, 0.15) is 5.76 Å². The van der Waals surface area contributed by atoms with Gasteiger partial charge in [-0.15, -0.1) is 0 Å². The molecule has 3 nitrogen and oxygen atoms in total. The van der Waals surface area contributed by atoms with Gasteiger partial charge in [-0.2, -0.15) is 0 Å². The highest BCUT2D eigenvalue weighted by molar-refractivity contribution is 5.76. The summed E-state index contributed by atoms with van der Waals surface area (Å²) in [6, 6.07) is 3.73. The van der Waals surface area contributed by atoms with Crippen molar-refractivity contribution in [3.63, 3.8) is 0 Å². The van der Waals surface area contributed by atoms with Crippen molar-refractivity contribution in [1.29, 1.82) is 0 Å². The molecule has 86 valence electrons. The fourth-order valence-electron chi connectivity index (χ4n) is 1.97. The first kappa shape index (κ1) is 11.0. The lowest BCUT2D eigenvalue weighted by Gasteiger charge is -2.17. The van der Waals surface area contributed by atoms with Gasteiger partial charge in [0.25, 0.3) is 0 Å². The summed E-state index contributed by atoms with van der Waals surface area (Å²) in [5.74, 6) is 1.46. The van der Waals surface area contributed by atoms with Crippen LogP contribution in [0.2, 0.25) is 0 Å². The maximum Gasteiger partial charge on any atom is 0.223 e. The van der Waals surface area contributed by atoms with Crippen LogP contribution in [0.4, 0.5) is 0 Å². The molecule has 0 aliphatic heterocycles. The molecule has 0 spiro atoms. The molecule has 0 saturated heterocycles.